The fourth-order valence-corrected chi connectivity index (χ4v) is 4.87. The average molecular weight is 486 g/mol. The van der Waals surface area contributed by atoms with E-state index in [1.54, 1.807) is 0 Å². The molecular formula is C21H19IN4O2. The van der Waals surface area contributed by atoms with Crippen molar-refractivity contribution >= 4 is 51.0 Å². The summed E-state index contributed by atoms with van der Waals surface area (Å²) in [4.78, 5) is 27.3. The number of piperidine rings is 1. The number of nitrogens with zero attached hydrogens (tertiary/aromatic N) is 2. The highest BCUT2D eigenvalue weighted by Gasteiger charge is 2.60. The molecule has 0 spiro atoms. The molecule has 1 aromatic heterocycles. The fraction of sp³-hybridized carbons (Fsp3) is 0.286. The number of anilines is 1. The number of hydrogen-bond donors (Lipinski definition) is 2. The molecule has 0 radical (unpaired) electrons. The molecule has 1 saturated heterocycles. The Kier molecular flexibility index (Phi) is 4.15. The first-order chi connectivity index (χ1) is 13.5. The molecule has 2 N–H and O–H groups in total. The van der Waals surface area contributed by atoms with E-state index in [0.29, 0.717) is 13.1 Å². The van der Waals surface area contributed by atoms with E-state index in [2.05, 4.69) is 38.1 Å². The molecule has 2 fully saturated rings. The molecule has 0 unspecified atom stereocenters. The smallest absolute Gasteiger partial charge is 0.253 e. The summed E-state index contributed by atoms with van der Waals surface area (Å²) in [5.74, 6) is 0.654. The van der Waals surface area contributed by atoms with Crippen LogP contribution in [0.4, 0.5) is 5.69 Å². The Bertz CT molecular complexity index is 1100. The minimum atomic E-state index is 0.00102. The van der Waals surface area contributed by atoms with Crippen molar-refractivity contribution in [2.24, 2.45) is 17.8 Å². The van der Waals surface area contributed by atoms with Gasteiger partial charge in [0.2, 0.25) is 5.91 Å². The van der Waals surface area contributed by atoms with Crippen LogP contribution in [0, 0.1) is 28.2 Å². The molecular weight excluding hydrogens is 467 g/mol. The van der Waals surface area contributed by atoms with Gasteiger partial charge in [0.25, 0.3) is 5.91 Å². The minimum Gasteiger partial charge on any atom is -0.338 e. The summed E-state index contributed by atoms with van der Waals surface area (Å²) >= 11 is 2.21. The molecule has 3 aromatic rings. The average Bonchev–Trinajstić information content (AvgIpc) is 2.99. The van der Waals surface area contributed by atoms with E-state index in [-0.39, 0.29) is 29.6 Å². The van der Waals surface area contributed by atoms with E-state index >= 15 is 0 Å². The molecule has 2 atom stereocenters. The van der Waals surface area contributed by atoms with E-state index in [4.69, 9.17) is 0 Å². The van der Waals surface area contributed by atoms with Gasteiger partial charge in [-0.2, -0.15) is 5.10 Å². The van der Waals surface area contributed by atoms with Crippen LogP contribution in [0.3, 0.4) is 0 Å². The van der Waals surface area contributed by atoms with Gasteiger partial charge in [-0.15, -0.1) is 0 Å². The van der Waals surface area contributed by atoms with Gasteiger partial charge in [-0.05, 0) is 77.7 Å². The quantitative estimate of drug-likeness (QED) is 0.557. The van der Waals surface area contributed by atoms with Crippen LogP contribution in [0.2, 0.25) is 0 Å². The van der Waals surface area contributed by atoms with E-state index in [9.17, 15) is 9.59 Å². The van der Waals surface area contributed by atoms with Crippen LogP contribution in [0.15, 0.2) is 42.5 Å². The van der Waals surface area contributed by atoms with E-state index in [1.165, 1.54) is 0 Å². The Labute approximate surface area is 175 Å². The van der Waals surface area contributed by atoms with Crippen LogP contribution in [-0.2, 0) is 4.79 Å². The van der Waals surface area contributed by atoms with E-state index in [1.807, 2.05) is 54.3 Å². The van der Waals surface area contributed by atoms with Crippen molar-refractivity contribution in [2.75, 3.05) is 18.4 Å². The summed E-state index contributed by atoms with van der Waals surface area (Å²) in [6.07, 6.45) is 0. The summed E-state index contributed by atoms with van der Waals surface area (Å²) in [5, 5.41) is 11.2. The van der Waals surface area contributed by atoms with Crippen molar-refractivity contribution < 1.29 is 9.59 Å². The lowest BCUT2D eigenvalue weighted by Gasteiger charge is -2.20. The predicted molar refractivity (Wildman–Crippen MR) is 115 cm³/mol. The maximum atomic E-state index is 12.7. The molecule has 0 bridgehead atoms. The number of fused-ring (bicyclic) bond motifs is 2. The van der Waals surface area contributed by atoms with Crippen molar-refractivity contribution in [3.8, 4) is 0 Å². The minimum absolute atomic E-state index is 0.00102. The molecule has 142 valence electrons. The SMILES string of the molecule is Cc1[nH]nc2ccc(NC(=O)C3[C@H]4CN(C(=O)c5cccc(I)c5)C[C@H]34)cc12. The van der Waals surface area contributed by atoms with Gasteiger partial charge in [-0.25, -0.2) is 0 Å². The monoisotopic (exact) mass is 486 g/mol. The van der Waals surface area contributed by atoms with Crippen LogP contribution in [-0.4, -0.2) is 40.0 Å². The van der Waals surface area contributed by atoms with Crippen molar-refractivity contribution in [3.05, 3.63) is 57.3 Å². The molecule has 7 heteroatoms. The Balaban J connectivity index is 1.22. The second-order valence-corrected chi connectivity index (χ2v) is 8.89. The molecule has 2 heterocycles. The van der Waals surface area contributed by atoms with Gasteiger partial charge >= 0.3 is 0 Å². The van der Waals surface area contributed by atoms with Gasteiger partial charge in [0.1, 0.15) is 0 Å². The highest BCUT2D eigenvalue weighted by molar-refractivity contribution is 14.1. The van der Waals surface area contributed by atoms with Gasteiger partial charge in [-0.3, -0.25) is 14.7 Å². The molecule has 28 heavy (non-hydrogen) atoms. The van der Waals surface area contributed by atoms with Crippen LogP contribution < -0.4 is 5.32 Å². The molecule has 2 aromatic carbocycles. The molecule has 1 aliphatic carbocycles. The summed E-state index contributed by atoms with van der Waals surface area (Å²) in [6.45, 7) is 3.28. The molecule has 2 amide bonds. The summed E-state index contributed by atoms with van der Waals surface area (Å²) < 4.78 is 1.05. The third-order valence-electron chi connectivity index (χ3n) is 5.87. The number of aromatic nitrogens is 2. The van der Waals surface area contributed by atoms with Gasteiger partial charge in [-0.1, -0.05) is 6.07 Å². The summed E-state index contributed by atoms with van der Waals surface area (Å²) in [5.41, 5.74) is 3.39. The number of rotatable bonds is 3. The van der Waals surface area contributed by atoms with Crippen molar-refractivity contribution in [3.63, 3.8) is 0 Å². The van der Waals surface area contributed by atoms with Gasteiger partial charge in [0, 0.05) is 44.9 Å². The van der Waals surface area contributed by atoms with Crippen molar-refractivity contribution in [1.82, 2.24) is 15.1 Å². The highest BCUT2D eigenvalue weighted by Crippen LogP contribution is 2.52. The zero-order valence-corrected chi connectivity index (χ0v) is 17.4. The third kappa shape index (κ3) is 2.97. The first-order valence-electron chi connectivity index (χ1n) is 9.32. The fourth-order valence-electron chi connectivity index (χ4n) is 4.33. The molecule has 1 aliphatic heterocycles. The standard InChI is InChI=1S/C21H19IN4O2/c1-11-15-8-14(5-6-18(15)25-24-11)23-20(27)19-16-9-26(10-17(16)19)21(28)12-3-2-4-13(22)7-12/h2-8,16-17,19H,9-10H2,1H3,(H,23,27)(H,24,25)/t16-,17-/m0/s1. The van der Waals surface area contributed by atoms with Crippen molar-refractivity contribution in [2.45, 2.75) is 6.92 Å². The number of hydrogen-bond acceptors (Lipinski definition) is 3. The predicted octanol–water partition coefficient (Wildman–Crippen LogP) is 3.43. The lowest BCUT2D eigenvalue weighted by Crippen LogP contribution is -2.33. The number of carbonyl (C=O) groups excluding carboxylic acids is 2. The van der Waals surface area contributed by atoms with Gasteiger partial charge in [0.15, 0.2) is 0 Å². The molecule has 2 aliphatic rings. The van der Waals surface area contributed by atoms with E-state index in [0.717, 1.165) is 31.4 Å². The summed E-state index contributed by atoms with van der Waals surface area (Å²) in [6, 6.07) is 13.4. The van der Waals surface area contributed by atoms with Crippen LogP contribution in [0.1, 0.15) is 16.1 Å². The topological polar surface area (TPSA) is 78.1 Å². The van der Waals surface area contributed by atoms with Crippen LogP contribution in [0.5, 0.6) is 0 Å². The van der Waals surface area contributed by atoms with Crippen LogP contribution in [0.25, 0.3) is 10.9 Å². The number of H-pyrrole nitrogens is 1. The summed E-state index contributed by atoms with van der Waals surface area (Å²) in [7, 11) is 0. The number of carbonyl (C=O) groups is 2. The Morgan fingerprint density at radius 2 is 1.96 bits per heavy atom. The zero-order chi connectivity index (χ0) is 19.4. The zero-order valence-electron chi connectivity index (χ0n) is 15.3. The number of aryl methyl sites for hydroxylation is 1. The normalized spacial score (nSPS) is 22.9. The van der Waals surface area contributed by atoms with Crippen molar-refractivity contribution in [1.29, 1.82) is 0 Å². The maximum absolute atomic E-state index is 12.7. The lowest BCUT2D eigenvalue weighted by molar-refractivity contribution is -0.118. The van der Waals surface area contributed by atoms with Crippen LogP contribution >= 0.6 is 22.6 Å². The van der Waals surface area contributed by atoms with Gasteiger partial charge in [0.05, 0.1) is 5.52 Å². The first kappa shape index (κ1) is 17.7. The Hall–Kier alpha value is -2.42. The number of benzene rings is 2. The number of nitrogens with one attached hydrogen (secondary N) is 2. The number of amides is 2. The number of halogens is 1. The Morgan fingerprint density at radius 3 is 2.71 bits per heavy atom. The second kappa shape index (κ2) is 6.58. The third-order valence-corrected chi connectivity index (χ3v) is 6.54. The number of likely N-dealkylation sites (tertiary alicyclic amines) is 1. The molecule has 6 nitrogen and oxygen atoms in total. The van der Waals surface area contributed by atoms with E-state index < -0.39 is 0 Å². The lowest BCUT2D eigenvalue weighted by atomic mass is 10.1. The van der Waals surface area contributed by atoms with Gasteiger partial charge < -0.3 is 10.2 Å². The largest absolute Gasteiger partial charge is 0.338 e. The number of aromatic amines is 1. The molecule has 5 rings (SSSR count). The maximum Gasteiger partial charge on any atom is 0.253 e. The Morgan fingerprint density at radius 1 is 1.18 bits per heavy atom. The highest BCUT2D eigenvalue weighted by atomic mass is 127. The second-order valence-electron chi connectivity index (χ2n) is 7.64. The molecule has 1 saturated carbocycles. The first-order valence-corrected chi connectivity index (χ1v) is 10.4.